The normalized spacial score (nSPS) is 18.0. The van der Waals surface area contributed by atoms with Crippen LogP contribution in [0.4, 0.5) is 11.8 Å². The molecule has 0 saturated heterocycles. The standard InChI is InChI=1S/C12H13N5/c13-10-6-9(16-12(14)17-10)8-4-3-7-2-1-5-15-11(7)8/h1-2,5-6,8H,3-4H2,(H4,13,14,16,17). The second-order valence-electron chi connectivity index (χ2n) is 4.21. The van der Waals surface area contributed by atoms with Gasteiger partial charge in [-0.2, -0.15) is 4.98 Å². The monoisotopic (exact) mass is 227 g/mol. The summed E-state index contributed by atoms with van der Waals surface area (Å²) < 4.78 is 0. The molecule has 3 rings (SSSR count). The molecule has 5 heteroatoms. The number of pyridine rings is 1. The molecule has 4 N–H and O–H groups in total. The summed E-state index contributed by atoms with van der Waals surface area (Å²) in [5, 5.41) is 0. The maximum Gasteiger partial charge on any atom is 0.222 e. The van der Waals surface area contributed by atoms with Crippen molar-refractivity contribution in [1.82, 2.24) is 15.0 Å². The Hall–Kier alpha value is -2.17. The fourth-order valence-corrected chi connectivity index (χ4v) is 2.38. The van der Waals surface area contributed by atoms with Gasteiger partial charge in [0.05, 0.1) is 11.4 Å². The van der Waals surface area contributed by atoms with Gasteiger partial charge in [0.15, 0.2) is 0 Å². The zero-order valence-electron chi connectivity index (χ0n) is 9.30. The Labute approximate surface area is 98.9 Å². The van der Waals surface area contributed by atoms with Gasteiger partial charge in [0, 0.05) is 18.2 Å². The lowest BCUT2D eigenvalue weighted by Gasteiger charge is -2.10. The highest BCUT2D eigenvalue weighted by Crippen LogP contribution is 2.35. The number of hydrogen-bond acceptors (Lipinski definition) is 5. The fraction of sp³-hybridized carbons (Fsp3) is 0.250. The van der Waals surface area contributed by atoms with E-state index in [1.54, 1.807) is 6.07 Å². The molecular formula is C12H13N5. The first-order valence-corrected chi connectivity index (χ1v) is 5.58. The van der Waals surface area contributed by atoms with Crippen molar-refractivity contribution in [2.75, 3.05) is 11.5 Å². The molecule has 0 bridgehead atoms. The van der Waals surface area contributed by atoms with Gasteiger partial charge in [-0.25, -0.2) is 4.98 Å². The average Bonchev–Trinajstić information content (AvgIpc) is 2.71. The van der Waals surface area contributed by atoms with E-state index in [9.17, 15) is 0 Å². The largest absolute Gasteiger partial charge is 0.384 e. The minimum atomic E-state index is 0.193. The summed E-state index contributed by atoms with van der Waals surface area (Å²) in [6, 6.07) is 5.85. The lowest BCUT2D eigenvalue weighted by molar-refractivity contribution is 0.745. The Morgan fingerprint density at radius 2 is 2.12 bits per heavy atom. The molecule has 1 unspecified atom stereocenters. The Bertz CT molecular complexity index is 546. The number of aromatic nitrogens is 3. The first-order chi connectivity index (χ1) is 8.24. The van der Waals surface area contributed by atoms with Crippen molar-refractivity contribution in [3.63, 3.8) is 0 Å². The first kappa shape index (κ1) is 10.0. The van der Waals surface area contributed by atoms with Gasteiger partial charge in [-0.05, 0) is 24.5 Å². The van der Waals surface area contributed by atoms with Crippen LogP contribution in [0.3, 0.4) is 0 Å². The van der Waals surface area contributed by atoms with E-state index in [0.29, 0.717) is 5.82 Å². The van der Waals surface area contributed by atoms with Crippen LogP contribution in [0.1, 0.15) is 29.3 Å². The Morgan fingerprint density at radius 1 is 1.24 bits per heavy atom. The number of aryl methyl sites for hydroxylation is 1. The van der Waals surface area contributed by atoms with Crippen molar-refractivity contribution >= 4 is 11.8 Å². The van der Waals surface area contributed by atoms with E-state index in [2.05, 4.69) is 21.0 Å². The molecule has 86 valence electrons. The minimum Gasteiger partial charge on any atom is -0.384 e. The molecule has 0 saturated carbocycles. The number of nitrogens with two attached hydrogens (primary N) is 2. The van der Waals surface area contributed by atoms with E-state index in [1.165, 1.54) is 5.56 Å². The summed E-state index contributed by atoms with van der Waals surface area (Å²) >= 11 is 0. The van der Waals surface area contributed by atoms with Crippen molar-refractivity contribution in [1.29, 1.82) is 0 Å². The van der Waals surface area contributed by atoms with Gasteiger partial charge >= 0.3 is 0 Å². The molecular weight excluding hydrogens is 214 g/mol. The van der Waals surface area contributed by atoms with Crippen molar-refractivity contribution in [3.05, 3.63) is 41.3 Å². The van der Waals surface area contributed by atoms with E-state index < -0.39 is 0 Å². The summed E-state index contributed by atoms with van der Waals surface area (Å²) in [5.74, 6) is 0.833. The number of fused-ring (bicyclic) bond motifs is 1. The van der Waals surface area contributed by atoms with Crippen molar-refractivity contribution in [3.8, 4) is 0 Å². The minimum absolute atomic E-state index is 0.193. The third-order valence-corrected chi connectivity index (χ3v) is 3.10. The van der Waals surface area contributed by atoms with Gasteiger partial charge in [0.2, 0.25) is 5.95 Å². The second-order valence-corrected chi connectivity index (χ2v) is 4.21. The van der Waals surface area contributed by atoms with E-state index in [1.807, 2.05) is 12.3 Å². The number of nitrogen functional groups attached to an aromatic ring is 2. The van der Waals surface area contributed by atoms with Crippen LogP contribution in [0.15, 0.2) is 24.4 Å². The van der Waals surface area contributed by atoms with Crippen LogP contribution in [0, 0.1) is 0 Å². The maximum atomic E-state index is 5.70. The van der Waals surface area contributed by atoms with E-state index in [-0.39, 0.29) is 11.9 Å². The van der Waals surface area contributed by atoms with Crippen LogP contribution < -0.4 is 11.5 Å². The molecule has 0 spiro atoms. The van der Waals surface area contributed by atoms with E-state index >= 15 is 0 Å². The zero-order chi connectivity index (χ0) is 11.8. The number of nitrogens with zero attached hydrogens (tertiary/aromatic N) is 3. The van der Waals surface area contributed by atoms with Crippen molar-refractivity contribution in [2.24, 2.45) is 0 Å². The molecule has 0 radical (unpaired) electrons. The van der Waals surface area contributed by atoms with Gasteiger partial charge in [0.1, 0.15) is 5.82 Å². The summed E-state index contributed by atoms with van der Waals surface area (Å²) in [6.45, 7) is 0. The zero-order valence-corrected chi connectivity index (χ0v) is 9.30. The quantitative estimate of drug-likeness (QED) is 0.761. The predicted octanol–water partition coefficient (Wildman–Crippen LogP) is 1.11. The van der Waals surface area contributed by atoms with Crippen LogP contribution in [0.5, 0.6) is 0 Å². The van der Waals surface area contributed by atoms with Gasteiger partial charge < -0.3 is 11.5 Å². The number of anilines is 2. The van der Waals surface area contributed by atoms with Crippen LogP contribution in [-0.4, -0.2) is 15.0 Å². The molecule has 17 heavy (non-hydrogen) atoms. The van der Waals surface area contributed by atoms with Crippen molar-refractivity contribution < 1.29 is 0 Å². The molecule has 1 aliphatic rings. The van der Waals surface area contributed by atoms with E-state index in [0.717, 1.165) is 24.2 Å². The summed E-state index contributed by atoms with van der Waals surface area (Å²) in [4.78, 5) is 12.6. The molecule has 2 aromatic rings. The van der Waals surface area contributed by atoms with Crippen LogP contribution >= 0.6 is 0 Å². The molecule has 0 aliphatic heterocycles. The third-order valence-electron chi connectivity index (χ3n) is 3.10. The van der Waals surface area contributed by atoms with Crippen LogP contribution in [0.2, 0.25) is 0 Å². The second kappa shape index (κ2) is 3.69. The molecule has 1 aliphatic carbocycles. The highest BCUT2D eigenvalue weighted by molar-refractivity contribution is 5.42. The van der Waals surface area contributed by atoms with Crippen LogP contribution in [0.25, 0.3) is 0 Å². The molecule has 0 fully saturated rings. The Kier molecular flexibility index (Phi) is 2.18. The molecule has 1 atom stereocenters. The molecule has 0 aromatic carbocycles. The highest BCUT2D eigenvalue weighted by Gasteiger charge is 2.26. The first-order valence-electron chi connectivity index (χ1n) is 5.58. The fourth-order valence-electron chi connectivity index (χ4n) is 2.38. The molecule has 0 amide bonds. The summed E-state index contributed by atoms with van der Waals surface area (Å²) in [7, 11) is 0. The van der Waals surface area contributed by atoms with Gasteiger partial charge in [-0.1, -0.05) is 6.07 Å². The van der Waals surface area contributed by atoms with Crippen molar-refractivity contribution in [2.45, 2.75) is 18.8 Å². The lowest BCUT2D eigenvalue weighted by Crippen LogP contribution is -2.07. The van der Waals surface area contributed by atoms with Gasteiger partial charge in [-0.15, -0.1) is 0 Å². The third kappa shape index (κ3) is 1.69. The van der Waals surface area contributed by atoms with E-state index in [4.69, 9.17) is 11.5 Å². The summed E-state index contributed by atoms with van der Waals surface area (Å²) in [5.41, 5.74) is 14.6. The SMILES string of the molecule is Nc1cc(C2CCc3cccnc32)nc(N)n1. The van der Waals surface area contributed by atoms with Gasteiger partial charge in [0.25, 0.3) is 0 Å². The maximum absolute atomic E-state index is 5.70. The lowest BCUT2D eigenvalue weighted by atomic mass is 10.0. The Morgan fingerprint density at radius 3 is 2.94 bits per heavy atom. The molecule has 2 aromatic heterocycles. The topological polar surface area (TPSA) is 90.7 Å². The predicted molar refractivity (Wildman–Crippen MR) is 65.3 cm³/mol. The van der Waals surface area contributed by atoms with Gasteiger partial charge in [-0.3, -0.25) is 4.98 Å². The number of rotatable bonds is 1. The van der Waals surface area contributed by atoms with Crippen LogP contribution in [-0.2, 0) is 6.42 Å². The average molecular weight is 227 g/mol. The number of hydrogen-bond donors (Lipinski definition) is 2. The summed E-state index contributed by atoms with van der Waals surface area (Å²) in [6.07, 6.45) is 3.84. The molecule has 2 heterocycles. The smallest absolute Gasteiger partial charge is 0.222 e. The highest BCUT2D eigenvalue weighted by atomic mass is 15.0. The molecule has 5 nitrogen and oxygen atoms in total. The Balaban J connectivity index is 2.06.